The Morgan fingerprint density at radius 1 is 0.296 bits per heavy atom. The fourth-order valence-corrected chi connectivity index (χ4v) is 9.79. The van der Waals surface area contributed by atoms with E-state index in [0.29, 0.717) is 0 Å². The van der Waals surface area contributed by atoms with Gasteiger partial charge in [-0.05, 0) is 89.0 Å². The zero-order valence-corrected chi connectivity index (χ0v) is 30.1. The number of hydrogen-bond acceptors (Lipinski definition) is 0. The van der Waals surface area contributed by atoms with E-state index in [9.17, 15) is 0 Å². The van der Waals surface area contributed by atoms with E-state index in [1.807, 2.05) is 0 Å². The van der Waals surface area contributed by atoms with E-state index in [1.54, 1.807) is 0 Å². The summed E-state index contributed by atoms with van der Waals surface area (Å²) >= 11 is 0. The normalized spacial score (nSPS) is 13.5. The van der Waals surface area contributed by atoms with Gasteiger partial charge in [-0.2, -0.15) is 0 Å². The Morgan fingerprint density at radius 3 is 1.33 bits per heavy atom. The molecule has 1 aliphatic rings. The van der Waals surface area contributed by atoms with Gasteiger partial charge in [0, 0.05) is 54.8 Å². The van der Waals surface area contributed by atoms with Gasteiger partial charge in [0.25, 0.3) is 0 Å². The fourth-order valence-electron chi connectivity index (χ4n) is 9.79. The molecule has 0 bridgehead atoms. The van der Waals surface area contributed by atoms with Crippen molar-refractivity contribution in [3.05, 3.63) is 187 Å². The van der Waals surface area contributed by atoms with Gasteiger partial charge in [0.2, 0.25) is 0 Å². The summed E-state index contributed by atoms with van der Waals surface area (Å²) in [4.78, 5) is 0. The average Bonchev–Trinajstić information content (AvgIpc) is 3.91. The predicted octanol–water partition coefficient (Wildman–Crippen LogP) is 13.3. The van der Waals surface area contributed by atoms with E-state index in [4.69, 9.17) is 0 Å². The highest BCUT2D eigenvalue weighted by Crippen LogP contribution is 2.49. The Kier molecular flexibility index (Phi) is 5.84. The highest BCUT2D eigenvalue weighted by molar-refractivity contribution is 6.13. The van der Waals surface area contributed by atoms with Gasteiger partial charge in [-0.3, -0.25) is 0 Å². The Hall–Kier alpha value is -6.84. The van der Waals surface area contributed by atoms with Crippen molar-refractivity contribution < 1.29 is 0 Å². The minimum atomic E-state index is -0.0670. The minimum absolute atomic E-state index is 0.0670. The monoisotopic (exact) mass is 689 g/mol. The molecule has 3 nitrogen and oxygen atoms in total. The Morgan fingerprint density at radius 2 is 0.704 bits per heavy atom. The Balaban J connectivity index is 1.09. The molecule has 0 N–H and O–H groups in total. The molecule has 3 heteroatoms. The van der Waals surface area contributed by atoms with Crippen molar-refractivity contribution in [2.24, 2.45) is 0 Å². The zero-order chi connectivity index (χ0) is 35.7. The molecule has 0 fully saturated rings. The number of nitrogens with zero attached hydrogens (tertiary/aromatic N) is 3. The molecule has 3 aromatic heterocycles. The summed E-state index contributed by atoms with van der Waals surface area (Å²) in [6.07, 6.45) is 0. The summed E-state index contributed by atoms with van der Waals surface area (Å²) in [6.45, 7) is 4.72. The van der Waals surface area contributed by atoms with Crippen molar-refractivity contribution in [1.29, 1.82) is 0 Å². The highest BCUT2D eigenvalue weighted by Gasteiger charge is 2.35. The molecule has 0 radical (unpaired) electrons. The van der Waals surface area contributed by atoms with E-state index in [0.717, 1.165) is 11.4 Å². The standard InChI is InChI=1S/C51H35N3/c1-51(2)43-18-8-3-13-35(43)36-26-23-33(30-44(36)51)52-48-22-12-7-17-40(48)42-29-32(25-28-49(42)52)54-47-21-11-6-16-39(47)41-27-24-34(31-50(41)54)53-45-19-9-4-14-37(45)38-15-5-10-20-46(38)53/h3-31H,1-2H3. The van der Waals surface area contributed by atoms with Crippen LogP contribution in [0.3, 0.4) is 0 Å². The smallest absolute Gasteiger partial charge is 0.0561 e. The van der Waals surface area contributed by atoms with Gasteiger partial charge in [-0.15, -0.1) is 0 Å². The van der Waals surface area contributed by atoms with Crippen LogP contribution in [0.25, 0.3) is 93.6 Å². The second-order valence-electron chi connectivity index (χ2n) is 15.4. The van der Waals surface area contributed by atoms with Crippen molar-refractivity contribution in [2.45, 2.75) is 19.3 Å². The quantitative estimate of drug-likeness (QED) is 0.175. The molecule has 0 unspecified atom stereocenters. The average molecular weight is 690 g/mol. The zero-order valence-electron chi connectivity index (χ0n) is 30.1. The molecule has 254 valence electrons. The van der Waals surface area contributed by atoms with Gasteiger partial charge in [0.05, 0.1) is 33.1 Å². The highest BCUT2D eigenvalue weighted by atomic mass is 15.0. The number of hydrogen-bond donors (Lipinski definition) is 0. The Labute approximate surface area is 312 Å². The Bertz CT molecular complexity index is 3310. The van der Waals surface area contributed by atoms with Crippen molar-refractivity contribution in [3.63, 3.8) is 0 Å². The van der Waals surface area contributed by atoms with Crippen LogP contribution in [-0.4, -0.2) is 13.7 Å². The third-order valence-corrected chi connectivity index (χ3v) is 12.2. The lowest BCUT2D eigenvalue weighted by Gasteiger charge is -2.22. The molecule has 8 aromatic carbocycles. The first kappa shape index (κ1) is 29.7. The maximum atomic E-state index is 2.46. The number of aromatic nitrogens is 3. The molecular formula is C51H35N3. The van der Waals surface area contributed by atoms with Gasteiger partial charge in [-0.25, -0.2) is 0 Å². The lowest BCUT2D eigenvalue weighted by atomic mass is 9.82. The van der Waals surface area contributed by atoms with Crippen molar-refractivity contribution >= 4 is 65.4 Å². The summed E-state index contributed by atoms with van der Waals surface area (Å²) in [5.41, 5.74) is 16.2. The summed E-state index contributed by atoms with van der Waals surface area (Å²) in [5.74, 6) is 0. The molecule has 1 aliphatic carbocycles. The molecule has 0 atom stereocenters. The van der Waals surface area contributed by atoms with Crippen molar-refractivity contribution in [2.75, 3.05) is 0 Å². The topological polar surface area (TPSA) is 14.8 Å². The summed E-state index contributed by atoms with van der Waals surface area (Å²) < 4.78 is 7.34. The summed E-state index contributed by atoms with van der Waals surface area (Å²) in [7, 11) is 0. The van der Waals surface area contributed by atoms with Gasteiger partial charge < -0.3 is 13.7 Å². The minimum Gasteiger partial charge on any atom is -0.309 e. The SMILES string of the molecule is CC1(C)c2ccccc2-c2ccc(-n3c4ccccc4c4cc(-n5c6ccccc6c6ccc(-n7c8ccccc8c8ccccc87)cc65)ccc43)cc21. The fraction of sp³-hybridized carbons (Fsp3) is 0.0588. The van der Waals surface area contributed by atoms with Crippen LogP contribution in [-0.2, 0) is 5.41 Å². The third kappa shape index (κ3) is 3.85. The number of rotatable bonds is 3. The maximum absolute atomic E-state index is 2.46. The van der Waals surface area contributed by atoms with Crippen LogP contribution in [0.15, 0.2) is 176 Å². The first-order valence-electron chi connectivity index (χ1n) is 18.9. The molecule has 54 heavy (non-hydrogen) atoms. The first-order chi connectivity index (χ1) is 26.6. The van der Waals surface area contributed by atoms with Crippen LogP contribution < -0.4 is 0 Å². The number of fused-ring (bicyclic) bond motifs is 12. The lowest BCUT2D eigenvalue weighted by Crippen LogP contribution is -2.15. The van der Waals surface area contributed by atoms with Crippen molar-refractivity contribution in [3.8, 4) is 28.2 Å². The summed E-state index contributed by atoms with van der Waals surface area (Å²) in [5, 5.41) is 7.55. The van der Waals surface area contributed by atoms with Crippen LogP contribution >= 0.6 is 0 Å². The predicted molar refractivity (Wildman–Crippen MR) is 227 cm³/mol. The van der Waals surface area contributed by atoms with Crippen LogP contribution in [0.1, 0.15) is 25.0 Å². The molecule has 0 saturated carbocycles. The second kappa shape index (κ2) is 10.6. The molecule has 0 saturated heterocycles. The van der Waals surface area contributed by atoms with Crippen LogP contribution in [0.2, 0.25) is 0 Å². The first-order valence-corrected chi connectivity index (χ1v) is 18.9. The molecule has 12 rings (SSSR count). The van der Waals surface area contributed by atoms with Gasteiger partial charge in [0.1, 0.15) is 0 Å². The van der Waals surface area contributed by atoms with E-state index in [-0.39, 0.29) is 5.41 Å². The molecule has 0 spiro atoms. The van der Waals surface area contributed by atoms with E-state index >= 15 is 0 Å². The largest absolute Gasteiger partial charge is 0.309 e. The lowest BCUT2D eigenvalue weighted by molar-refractivity contribution is 0.660. The molecule has 11 aromatic rings. The van der Waals surface area contributed by atoms with Crippen LogP contribution in [0.4, 0.5) is 0 Å². The van der Waals surface area contributed by atoms with E-state index < -0.39 is 0 Å². The van der Waals surface area contributed by atoms with Gasteiger partial charge in [0.15, 0.2) is 0 Å². The number of benzene rings is 8. The maximum Gasteiger partial charge on any atom is 0.0561 e. The van der Waals surface area contributed by atoms with E-state index in [1.165, 1.54) is 93.4 Å². The molecule has 3 heterocycles. The van der Waals surface area contributed by atoms with Gasteiger partial charge >= 0.3 is 0 Å². The van der Waals surface area contributed by atoms with Crippen LogP contribution in [0.5, 0.6) is 0 Å². The molecule has 0 aliphatic heterocycles. The van der Waals surface area contributed by atoms with Crippen LogP contribution in [0, 0.1) is 0 Å². The third-order valence-electron chi connectivity index (χ3n) is 12.2. The number of para-hydroxylation sites is 4. The van der Waals surface area contributed by atoms with Crippen molar-refractivity contribution in [1.82, 2.24) is 13.7 Å². The molecular weight excluding hydrogens is 655 g/mol. The van der Waals surface area contributed by atoms with Gasteiger partial charge in [-0.1, -0.05) is 123 Å². The second-order valence-corrected chi connectivity index (χ2v) is 15.4. The van der Waals surface area contributed by atoms with E-state index in [2.05, 4.69) is 203 Å². The summed E-state index contributed by atoms with van der Waals surface area (Å²) in [6, 6.07) is 65.1. The molecule has 0 amide bonds.